The number of esters is 1. The maximum absolute atomic E-state index is 13.5. The van der Waals surface area contributed by atoms with Crippen LogP contribution in [-0.2, 0) is 38.6 Å². The molecule has 2 aliphatic rings. The van der Waals surface area contributed by atoms with Crippen LogP contribution in [0.4, 0.5) is 9.59 Å². The van der Waals surface area contributed by atoms with Gasteiger partial charge in [-0.2, -0.15) is 0 Å². The average molecular weight is 608 g/mol. The van der Waals surface area contributed by atoms with Crippen LogP contribution in [0, 0.1) is 11.8 Å². The van der Waals surface area contributed by atoms with Gasteiger partial charge < -0.3 is 24.0 Å². The number of carbonyl (C=O) groups excluding carboxylic acids is 3. The number of carbonyl (C=O) groups is 3. The molecule has 9 heteroatoms. The van der Waals surface area contributed by atoms with Gasteiger partial charge in [-0.25, -0.2) is 9.59 Å². The monoisotopic (exact) mass is 607 g/mol. The quantitative estimate of drug-likeness (QED) is 0.273. The summed E-state index contributed by atoms with van der Waals surface area (Å²) in [6.45, 7) is 16.0. The van der Waals surface area contributed by atoms with E-state index in [0.29, 0.717) is 32.6 Å². The third-order valence-corrected chi connectivity index (χ3v) is 7.84. The van der Waals surface area contributed by atoms with E-state index in [1.165, 1.54) is 0 Å². The first-order chi connectivity index (χ1) is 20.8. The number of hydrogen-bond donors (Lipinski definition) is 0. The SMILES string of the molecule is CC(C)(C)OC(=O)[C@H](Cc1cccc(CN2CCN(C(=O)OCc3ccccc3)CC2)c1)[C@@H]1CCN(C(=O)OC(C)(C)C)C1. The van der Waals surface area contributed by atoms with E-state index in [4.69, 9.17) is 14.2 Å². The van der Waals surface area contributed by atoms with Crippen molar-refractivity contribution in [2.75, 3.05) is 39.3 Å². The number of piperazine rings is 1. The Hall–Kier alpha value is -3.59. The number of likely N-dealkylation sites (tertiary alicyclic amines) is 1. The average Bonchev–Trinajstić information content (AvgIpc) is 3.44. The van der Waals surface area contributed by atoms with Gasteiger partial charge in [-0.05, 0) is 77.0 Å². The van der Waals surface area contributed by atoms with Crippen molar-refractivity contribution in [1.82, 2.24) is 14.7 Å². The lowest BCUT2D eigenvalue weighted by Gasteiger charge is -2.34. The Labute approximate surface area is 262 Å². The third kappa shape index (κ3) is 10.3. The van der Waals surface area contributed by atoms with Gasteiger partial charge in [-0.3, -0.25) is 9.69 Å². The number of rotatable bonds is 8. The van der Waals surface area contributed by atoms with Crippen molar-refractivity contribution >= 4 is 18.2 Å². The van der Waals surface area contributed by atoms with Gasteiger partial charge in [0, 0.05) is 45.8 Å². The van der Waals surface area contributed by atoms with Gasteiger partial charge in [0.2, 0.25) is 0 Å². The van der Waals surface area contributed by atoms with Crippen molar-refractivity contribution in [3.05, 3.63) is 71.3 Å². The molecule has 0 spiro atoms. The zero-order valence-electron chi connectivity index (χ0n) is 27.2. The highest BCUT2D eigenvalue weighted by atomic mass is 16.6. The second-order valence-electron chi connectivity index (χ2n) is 13.9. The molecule has 2 saturated heterocycles. The highest BCUT2D eigenvalue weighted by Crippen LogP contribution is 2.31. The van der Waals surface area contributed by atoms with Gasteiger partial charge in [-0.15, -0.1) is 0 Å². The van der Waals surface area contributed by atoms with Gasteiger partial charge >= 0.3 is 18.2 Å². The predicted octanol–water partition coefficient (Wildman–Crippen LogP) is 5.90. The van der Waals surface area contributed by atoms with E-state index in [1.54, 1.807) is 9.80 Å². The number of nitrogens with zero attached hydrogens (tertiary/aromatic N) is 3. The minimum Gasteiger partial charge on any atom is -0.460 e. The highest BCUT2D eigenvalue weighted by Gasteiger charge is 2.39. The number of benzene rings is 2. The molecule has 2 atom stereocenters. The summed E-state index contributed by atoms with van der Waals surface area (Å²) in [5.41, 5.74) is 2.03. The Balaban J connectivity index is 1.34. The summed E-state index contributed by atoms with van der Waals surface area (Å²) >= 11 is 0. The van der Waals surface area contributed by atoms with Crippen molar-refractivity contribution in [3.8, 4) is 0 Å². The second kappa shape index (κ2) is 14.5. The number of hydrogen-bond acceptors (Lipinski definition) is 7. The fourth-order valence-electron chi connectivity index (χ4n) is 5.69. The van der Waals surface area contributed by atoms with E-state index in [1.807, 2.05) is 77.9 Å². The van der Waals surface area contributed by atoms with E-state index in [9.17, 15) is 14.4 Å². The topological polar surface area (TPSA) is 88.6 Å². The first kappa shape index (κ1) is 33.3. The summed E-state index contributed by atoms with van der Waals surface area (Å²) in [7, 11) is 0. The molecule has 2 aliphatic heterocycles. The van der Waals surface area contributed by atoms with Crippen molar-refractivity contribution in [2.24, 2.45) is 11.8 Å². The predicted molar refractivity (Wildman–Crippen MR) is 169 cm³/mol. The Kier molecular flexibility index (Phi) is 10.9. The molecule has 9 nitrogen and oxygen atoms in total. The summed E-state index contributed by atoms with van der Waals surface area (Å²) < 4.78 is 17.0. The van der Waals surface area contributed by atoms with Crippen LogP contribution in [0.15, 0.2) is 54.6 Å². The molecule has 44 heavy (non-hydrogen) atoms. The zero-order valence-corrected chi connectivity index (χ0v) is 27.2. The fourth-order valence-corrected chi connectivity index (χ4v) is 5.69. The van der Waals surface area contributed by atoms with Crippen LogP contribution in [0.3, 0.4) is 0 Å². The largest absolute Gasteiger partial charge is 0.460 e. The second-order valence-corrected chi connectivity index (χ2v) is 13.9. The van der Waals surface area contributed by atoms with Crippen LogP contribution >= 0.6 is 0 Å². The first-order valence-corrected chi connectivity index (χ1v) is 15.7. The molecule has 2 amide bonds. The minimum atomic E-state index is -0.600. The molecule has 0 N–H and O–H groups in total. The van der Waals surface area contributed by atoms with E-state index in [2.05, 4.69) is 23.1 Å². The standard InChI is InChI=1S/C35H49N3O6/c1-34(2,3)43-31(39)30(29-15-16-38(24-29)33(41)44-35(4,5)6)22-27-13-10-14-28(21-27)23-36-17-19-37(20-18-36)32(40)42-25-26-11-8-7-9-12-26/h7-14,21,29-30H,15-20,22-25H2,1-6H3/t29-,30-/m1/s1. The normalized spacial score (nSPS) is 18.5. The maximum Gasteiger partial charge on any atom is 0.410 e. The molecule has 0 saturated carbocycles. The smallest absolute Gasteiger partial charge is 0.410 e. The molecule has 0 radical (unpaired) electrons. The maximum atomic E-state index is 13.5. The van der Waals surface area contributed by atoms with Gasteiger partial charge in [0.15, 0.2) is 0 Å². The summed E-state index contributed by atoms with van der Waals surface area (Å²) in [6.07, 6.45) is 0.646. The van der Waals surface area contributed by atoms with E-state index in [-0.39, 0.29) is 36.6 Å². The molecule has 0 unspecified atom stereocenters. The molecule has 0 aromatic heterocycles. The van der Waals surface area contributed by atoms with Gasteiger partial charge in [0.05, 0.1) is 5.92 Å². The molecular formula is C35H49N3O6. The molecule has 2 aromatic carbocycles. The molecule has 2 fully saturated rings. The Morgan fingerprint density at radius 2 is 1.39 bits per heavy atom. The van der Waals surface area contributed by atoms with Crippen LogP contribution in [0.25, 0.3) is 0 Å². The summed E-state index contributed by atoms with van der Waals surface area (Å²) in [4.78, 5) is 44.6. The number of ether oxygens (including phenoxy) is 3. The van der Waals surface area contributed by atoms with Crippen LogP contribution < -0.4 is 0 Å². The molecule has 4 rings (SSSR count). The van der Waals surface area contributed by atoms with Crippen molar-refractivity contribution in [3.63, 3.8) is 0 Å². The van der Waals surface area contributed by atoms with E-state index in [0.717, 1.165) is 42.7 Å². The van der Waals surface area contributed by atoms with Gasteiger partial charge in [0.1, 0.15) is 17.8 Å². The van der Waals surface area contributed by atoms with Crippen molar-refractivity contribution in [2.45, 2.75) is 78.7 Å². The molecule has 2 aromatic rings. The summed E-state index contributed by atoms with van der Waals surface area (Å²) in [5, 5.41) is 0. The Morgan fingerprint density at radius 1 is 0.750 bits per heavy atom. The lowest BCUT2D eigenvalue weighted by atomic mass is 9.85. The van der Waals surface area contributed by atoms with Crippen LogP contribution in [0.2, 0.25) is 0 Å². The molecule has 240 valence electrons. The lowest BCUT2D eigenvalue weighted by Crippen LogP contribution is -2.48. The third-order valence-electron chi connectivity index (χ3n) is 7.84. The Morgan fingerprint density at radius 3 is 2.05 bits per heavy atom. The van der Waals surface area contributed by atoms with Crippen molar-refractivity contribution in [1.29, 1.82) is 0 Å². The highest BCUT2D eigenvalue weighted by molar-refractivity contribution is 5.74. The van der Waals surface area contributed by atoms with Crippen molar-refractivity contribution < 1.29 is 28.6 Å². The first-order valence-electron chi connectivity index (χ1n) is 15.7. The van der Waals surface area contributed by atoms with Gasteiger partial charge in [-0.1, -0.05) is 54.6 Å². The molecular weight excluding hydrogens is 558 g/mol. The van der Waals surface area contributed by atoms with E-state index < -0.39 is 11.2 Å². The van der Waals surface area contributed by atoms with Crippen LogP contribution in [-0.4, -0.2) is 83.3 Å². The molecule has 0 aliphatic carbocycles. The van der Waals surface area contributed by atoms with E-state index >= 15 is 0 Å². The zero-order chi connectivity index (χ0) is 31.9. The summed E-state index contributed by atoms with van der Waals surface area (Å²) in [5.74, 6) is -0.618. The Bertz CT molecular complexity index is 1260. The van der Waals surface area contributed by atoms with Gasteiger partial charge in [0.25, 0.3) is 0 Å². The minimum absolute atomic E-state index is 0.0178. The van der Waals surface area contributed by atoms with Crippen LogP contribution in [0.1, 0.15) is 64.7 Å². The molecule has 0 bridgehead atoms. The lowest BCUT2D eigenvalue weighted by molar-refractivity contribution is -0.162. The molecule has 2 heterocycles. The van der Waals surface area contributed by atoms with Crippen LogP contribution in [0.5, 0.6) is 0 Å². The number of amides is 2. The summed E-state index contributed by atoms with van der Waals surface area (Å²) in [6, 6.07) is 18.1. The fraction of sp³-hybridized carbons (Fsp3) is 0.571.